The Bertz CT molecular complexity index is 1140. The molecule has 9 heteroatoms. The van der Waals surface area contributed by atoms with Gasteiger partial charge in [0.25, 0.3) is 0 Å². The minimum Gasteiger partial charge on any atom is -0.366 e. The Morgan fingerprint density at radius 2 is 2.20 bits per heavy atom. The van der Waals surface area contributed by atoms with Gasteiger partial charge in [-0.2, -0.15) is 10.4 Å². The smallest absolute Gasteiger partial charge is 0.329 e. The average Bonchev–Trinajstić information content (AvgIpc) is 2.80. The molecule has 3 aromatic rings. The SMILES string of the molecule is N#Cc1cncc(-c2ccc3c(n2)N(C(=O)Nc2cccnn2)[C@H]2CCCN3C2)c1. The summed E-state index contributed by atoms with van der Waals surface area (Å²) in [6, 6.07) is 10.9. The van der Waals surface area contributed by atoms with Crippen molar-refractivity contribution in [3.8, 4) is 17.3 Å². The summed E-state index contributed by atoms with van der Waals surface area (Å²) >= 11 is 0. The Labute approximate surface area is 173 Å². The molecule has 2 aliphatic rings. The molecule has 3 aromatic heterocycles. The number of hydrogen-bond acceptors (Lipinski definition) is 7. The first-order valence-corrected chi connectivity index (χ1v) is 9.72. The minimum absolute atomic E-state index is 0.0224. The number of nitrogens with zero attached hydrogens (tertiary/aromatic N) is 7. The predicted octanol–water partition coefficient (Wildman–Crippen LogP) is 2.83. The maximum absolute atomic E-state index is 13.2. The van der Waals surface area contributed by atoms with E-state index in [1.807, 2.05) is 12.1 Å². The van der Waals surface area contributed by atoms with Crippen molar-refractivity contribution in [1.82, 2.24) is 20.2 Å². The summed E-state index contributed by atoms with van der Waals surface area (Å²) < 4.78 is 0. The lowest BCUT2D eigenvalue weighted by Crippen LogP contribution is -2.56. The molecule has 30 heavy (non-hydrogen) atoms. The first kappa shape index (κ1) is 18.0. The third-order valence-corrected chi connectivity index (χ3v) is 5.37. The normalized spacial score (nSPS) is 17.1. The number of amides is 2. The van der Waals surface area contributed by atoms with Crippen LogP contribution in [0.25, 0.3) is 11.3 Å². The van der Waals surface area contributed by atoms with E-state index >= 15 is 0 Å². The number of urea groups is 1. The van der Waals surface area contributed by atoms with E-state index in [4.69, 9.17) is 4.98 Å². The molecule has 9 nitrogen and oxygen atoms in total. The zero-order valence-electron chi connectivity index (χ0n) is 16.1. The van der Waals surface area contributed by atoms with Crippen molar-refractivity contribution in [1.29, 1.82) is 5.26 Å². The Balaban J connectivity index is 1.56. The molecule has 0 aromatic carbocycles. The molecule has 1 N–H and O–H groups in total. The van der Waals surface area contributed by atoms with Gasteiger partial charge in [0.15, 0.2) is 11.6 Å². The van der Waals surface area contributed by atoms with Gasteiger partial charge in [-0.1, -0.05) is 0 Å². The van der Waals surface area contributed by atoms with Crippen molar-refractivity contribution in [3.63, 3.8) is 0 Å². The van der Waals surface area contributed by atoms with Gasteiger partial charge in [-0.15, -0.1) is 5.10 Å². The van der Waals surface area contributed by atoms with E-state index < -0.39 is 0 Å². The van der Waals surface area contributed by atoms with Crippen LogP contribution in [0, 0.1) is 11.3 Å². The number of pyridine rings is 2. The highest BCUT2D eigenvalue weighted by molar-refractivity contribution is 6.04. The molecule has 148 valence electrons. The van der Waals surface area contributed by atoms with Crippen LogP contribution in [0.3, 0.4) is 0 Å². The number of aromatic nitrogens is 4. The highest BCUT2D eigenvalue weighted by Crippen LogP contribution is 2.39. The first-order chi connectivity index (χ1) is 14.7. The summed E-state index contributed by atoms with van der Waals surface area (Å²) in [4.78, 5) is 26.2. The monoisotopic (exact) mass is 398 g/mol. The molecule has 0 radical (unpaired) electrons. The molecule has 1 atom stereocenters. The van der Waals surface area contributed by atoms with Crippen LogP contribution < -0.4 is 15.1 Å². The van der Waals surface area contributed by atoms with E-state index in [9.17, 15) is 10.1 Å². The van der Waals surface area contributed by atoms with Crippen molar-refractivity contribution >= 4 is 23.4 Å². The fourth-order valence-corrected chi connectivity index (χ4v) is 4.02. The quantitative estimate of drug-likeness (QED) is 0.706. The lowest BCUT2D eigenvalue weighted by Gasteiger charge is -2.45. The molecule has 0 aliphatic carbocycles. The number of rotatable bonds is 2. The van der Waals surface area contributed by atoms with E-state index in [-0.39, 0.29) is 12.1 Å². The lowest BCUT2D eigenvalue weighted by molar-refractivity contribution is 0.252. The predicted molar refractivity (Wildman–Crippen MR) is 111 cm³/mol. The van der Waals surface area contributed by atoms with Crippen LogP contribution >= 0.6 is 0 Å². The van der Waals surface area contributed by atoms with Crippen molar-refractivity contribution in [2.45, 2.75) is 18.9 Å². The fraction of sp³-hybridized carbons (Fsp3) is 0.238. The van der Waals surface area contributed by atoms with Crippen LogP contribution in [0.15, 0.2) is 48.9 Å². The molecule has 2 amide bonds. The maximum Gasteiger partial charge on any atom is 0.329 e. The Hall–Kier alpha value is -4.06. The number of fused-ring (bicyclic) bond motifs is 4. The number of carbonyl (C=O) groups excluding carboxylic acids is 1. The number of anilines is 3. The first-order valence-electron chi connectivity index (χ1n) is 9.72. The van der Waals surface area contributed by atoms with E-state index in [1.165, 1.54) is 6.20 Å². The summed E-state index contributed by atoms with van der Waals surface area (Å²) in [5.74, 6) is 0.997. The standard InChI is InChI=1S/C21H18N8O/c22-10-14-9-15(12-23-11-14)17-5-6-18-20(25-17)29(16-3-2-8-28(18)13-16)21(30)26-19-4-1-7-24-27-19/h1,4-7,9,11-12,16H,2-3,8,13H2,(H,26,27,30)/t16-/m0/s1. The second kappa shape index (κ2) is 7.40. The summed E-state index contributed by atoms with van der Waals surface area (Å²) in [5.41, 5.74) is 2.78. The van der Waals surface area contributed by atoms with Crippen molar-refractivity contribution in [2.75, 3.05) is 28.2 Å². The van der Waals surface area contributed by atoms with Crippen molar-refractivity contribution < 1.29 is 4.79 Å². The average molecular weight is 398 g/mol. The number of piperidine rings is 1. The second-order valence-corrected chi connectivity index (χ2v) is 7.26. The Kier molecular flexibility index (Phi) is 4.44. The lowest BCUT2D eigenvalue weighted by atomic mass is 9.99. The van der Waals surface area contributed by atoms with Gasteiger partial charge in [0.2, 0.25) is 0 Å². The van der Waals surface area contributed by atoms with Gasteiger partial charge in [-0.3, -0.25) is 15.2 Å². The molecular weight excluding hydrogens is 380 g/mol. The van der Waals surface area contributed by atoms with Crippen LogP contribution in [0.5, 0.6) is 0 Å². The maximum atomic E-state index is 13.2. The highest BCUT2D eigenvalue weighted by atomic mass is 16.2. The van der Waals surface area contributed by atoms with Crippen LogP contribution in [0.4, 0.5) is 22.1 Å². The molecule has 1 fully saturated rings. The topological polar surface area (TPSA) is 111 Å². The largest absolute Gasteiger partial charge is 0.366 e. The molecule has 0 spiro atoms. The van der Waals surface area contributed by atoms with Crippen molar-refractivity contribution in [3.05, 3.63) is 54.5 Å². The van der Waals surface area contributed by atoms with Gasteiger partial charge in [0, 0.05) is 37.2 Å². The van der Waals surface area contributed by atoms with Crippen LogP contribution in [0.2, 0.25) is 0 Å². The van der Waals surface area contributed by atoms with Gasteiger partial charge in [-0.25, -0.2) is 9.78 Å². The zero-order valence-corrected chi connectivity index (χ0v) is 16.1. The second-order valence-electron chi connectivity index (χ2n) is 7.26. The molecule has 1 saturated heterocycles. The van der Waals surface area contributed by atoms with E-state index in [0.29, 0.717) is 22.9 Å². The molecule has 0 saturated carbocycles. The van der Waals surface area contributed by atoms with Crippen LogP contribution in [0.1, 0.15) is 18.4 Å². The summed E-state index contributed by atoms with van der Waals surface area (Å²) in [7, 11) is 0. The third-order valence-electron chi connectivity index (χ3n) is 5.37. The third kappa shape index (κ3) is 3.18. The molecule has 5 heterocycles. The van der Waals surface area contributed by atoms with E-state index in [1.54, 1.807) is 35.5 Å². The Morgan fingerprint density at radius 3 is 3.03 bits per heavy atom. The molecular formula is C21H18N8O. The summed E-state index contributed by atoms with van der Waals surface area (Å²) in [5, 5.41) is 19.8. The number of carbonyl (C=O) groups is 1. The summed E-state index contributed by atoms with van der Waals surface area (Å²) in [6.45, 7) is 1.71. The van der Waals surface area contributed by atoms with Crippen molar-refractivity contribution in [2.24, 2.45) is 0 Å². The van der Waals surface area contributed by atoms with Gasteiger partial charge in [0.1, 0.15) is 6.07 Å². The van der Waals surface area contributed by atoms with Crippen LogP contribution in [-0.2, 0) is 0 Å². The Morgan fingerprint density at radius 1 is 1.27 bits per heavy atom. The number of nitriles is 1. The number of hydrogen-bond donors (Lipinski definition) is 1. The fourth-order valence-electron chi connectivity index (χ4n) is 4.02. The van der Waals surface area contributed by atoms with Gasteiger partial charge in [0.05, 0.1) is 23.0 Å². The molecule has 2 aliphatic heterocycles. The molecule has 0 unspecified atom stereocenters. The van der Waals surface area contributed by atoms with Gasteiger partial charge in [-0.05, 0) is 43.2 Å². The minimum atomic E-state index is -0.281. The van der Waals surface area contributed by atoms with E-state index in [0.717, 1.165) is 37.2 Å². The highest BCUT2D eigenvalue weighted by Gasteiger charge is 2.38. The van der Waals surface area contributed by atoms with Gasteiger partial charge >= 0.3 is 6.03 Å². The molecule has 5 rings (SSSR count). The zero-order chi connectivity index (χ0) is 20.5. The molecule has 2 bridgehead atoms. The van der Waals surface area contributed by atoms with Gasteiger partial charge < -0.3 is 4.90 Å². The van der Waals surface area contributed by atoms with E-state index in [2.05, 4.69) is 31.5 Å². The number of nitrogens with one attached hydrogen (secondary N) is 1. The summed E-state index contributed by atoms with van der Waals surface area (Å²) in [6.07, 6.45) is 6.65. The van der Waals surface area contributed by atoms with Crippen LogP contribution in [-0.4, -0.2) is 45.3 Å².